The van der Waals surface area contributed by atoms with Gasteiger partial charge in [-0.3, -0.25) is 9.47 Å². The number of benzene rings is 2. The molecule has 0 saturated carbocycles. The predicted octanol–water partition coefficient (Wildman–Crippen LogP) is 4.79. The lowest BCUT2D eigenvalue weighted by Gasteiger charge is -2.42. The lowest BCUT2D eigenvalue weighted by Crippen LogP contribution is -2.48. The number of aromatic amines is 1. The van der Waals surface area contributed by atoms with Gasteiger partial charge in [0.05, 0.1) is 16.6 Å². The van der Waals surface area contributed by atoms with Gasteiger partial charge in [0.2, 0.25) is 0 Å². The molecular weight excluding hydrogens is 448 g/mol. The highest BCUT2D eigenvalue weighted by Crippen LogP contribution is 2.33. The number of likely N-dealkylation sites (tertiary alicyclic amines) is 2. The van der Waals surface area contributed by atoms with Gasteiger partial charge in [0.1, 0.15) is 5.82 Å². The van der Waals surface area contributed by atoms with Crippen LogP contribution in [-0.4, -0.2) is 51.6 Å². The van der Waals surface area contributed by atoms with Gasteiger partial charge in [0.25, 0.3) is 0 Å². The zero-order chi connectivity index (χ0) is 23.9. The van der Waals surface area contributed by atoms with Crippen molar-refractivity contribution in [2.24, 2.45) is 0 Å². The number of imidazole rings is 1. The van der Waals surface area contributed by atoms with Crippen molar-refractivity contribution in [1.29, 1.82) is 0 Å². The molecule has 5 rings (SSSR count). The molecule has 0 bridgehead atoms. The van der Waals surface area contributed by atoms with E-state index in [4.69, 9.17) is 0 Å². The molecule has 2 aliphatic heterocycles. The van der Waals surface area contributed by atoms with Crippen LogP contribution in [0.3, 0.4) is 0 Å². The molecule has 0 atom stereocenters. The molecule has 2 aliphatic rings. The zero-order valence-electron chi connectivity index (χ0n) is 18.8. The second-order valence-electron chi connectivity index (χ2n) is 9.39. The molecule has 0 aliphatic carbocycles. The Morgan fingerprint density at radius 2 is 1.59 bits per heavy atom. The number of rotatable bonds is 4. The van der Waals surface area contributed by atoms with Crippen LogP contribution in [0.15, 0.2) is 47.3 Å². The van der Waals surface area contributed by atoms with E-state index >= 15 is 0 Å². The Hall–Kier alpha value is -2.65. The monoisotopic (exact) mass is 476 g/mol. The molecule has 0 amide bonds. The lowest BCUT2D eigenvalue weighted by atomic mass is 9.97. The summed E-state index contributed by atoms with van der Waals surface area (Å²) in [6.45, 7) is 3.53. The predicted molar refractivity (Wildman–Crippen MR) is 122 cm³/mol. The second-order valence-corrected chi connectivity index (χ2v) is 9.39. The van der Waals surface area contributed by atoms with Crippen LogP contribution in [0.2, 0.25) is 0 Å². The van der Waals surface area contributed by atoms with Crippen molar-refractivity contribution in [2.75, 3.05) is 26.2 Å². The highest BCUT2D eigenvalue weighted by molar-refractivity contribution is 5.75. The first-order valence-electron chi connectivity index (χ1n) is 11.8. The van der Waals surface area contributed by atoms with E-state index in [2.05, 4.69) is 14.8 Å². The fraction of sp³-hybridized carbons (Fsp3) is 0.480. The molecule has 1 N–H and O–H groups in total. The first-order valence-corrected chi connectivity index (χ1v) is 11.8. The van der Waals surface area contributed by atoms with E-state index in [0.29, 0.717) is 29.2 Å². The molecular formula is C25H28F4N4O. The normalized spacial score (nSPS) is 19.8. The van der Waals surface area contributed by atoms with Gasteiger partial charge in [-0.05, 0) is 68.6 Å². The van der Waals surface area contributed by atoms with Gasteiger partial charge >= 0.3 is 11.9 Å². The minimum atomic E-state index is -4.34. The molecule has 2 aromatic carbocycles. The van der Waals surface area contributed by atoms with E-state index in [9.17, 15) is 22.4 Å². The first kappa shape index (κ1) is 23.1. The minimum Gasteiger partial charge on any atom is -0.306 e. The number of nitrogens with one attached hydrogen (secondary N) is 1. The minimum absolute atomic E-state index is 0.0262. The van der Waals surface area contributed by atoms with Crippen LogP contribution in [0.4, 0.5) is 17.6 Å². The summed E-state index contributed by atoms with van der Waals surface area (Å²) in [6, 6.07) is 10.6. The SMILES string of the molecule is O=c1[nH]c2ccc(F)cc2n1C1CCN(C2CCN(Cc3ccccc3C(F)(F)F)CC2)CC1. The van der Waals surface area contributed by atoms with Crippen molar-refractivity contribution in [1.82, 2.24) is 19.4 Å². The maximum atomic E-state index is 13.8. The molecule has 34 heavy (non-hydrogen) atoms. The van der Waals surface area contributed by atoms with Crippen LogP contribution in [0, 0.1) is 5.82 Å². The molecule has 2 fully saturated rings. The van der Waals surface area contributed by atoms with Gasteiger partial charge in [-0.15, -0.1) is 0 Å². The van der Waals surface area contributed by atoms with Crippen molar-refractivity contribution < 1.29 is 17.6 Å². The van der Waals surface area contributed by atoms with E-state index in [1.54, 1.807) is 22.8 Å². The van der Waals surface area contributed by atoms with Gasteiger partial charge in [-0.2, -0.15) is 13.2 Å². The van der Waals surface area contributed by atoms with Crippen LogP contribution < -0.4 is 5.69 Å². The Kier molecular flexibility index (Phi) is 6.24. The van der Waals surface area contributed by atoms with Gasteiger partial charge in [0, 0.05) is 31.7 Å². The van der Waals surface area contributed by atoms with Crippen LogP contribution in [0.1, 0.15) is 42.9 Å². The maximum absolute atomic E-state index is 13.8. The smallest absolute Gasteiger partial charge is 0.306 e. The van der Waals surface area contributed by atoms with Gasteiger partial charge < -0.3 is 9.88 Å². The third kappa shape index (κ3) is 4.63. The average molecular weight is 477 g/mol. The Bertz CT molecular complexity index is 1200. The Balaban J connectivity index is 1.17. The number of halogens is 4. The van der Waals surface area contributed by atoms with Crippen molar-refractivity contribution in [3.05, 3.63) is 69.9 Å². The Labute approximate surface area is 195 Å². The molecule has 3 aromatic rings. The van der Waals surface area contributed by atoms with Crippen molar-refractivity contribution in [3.8, 4) is 0 Å². The summed E-state index contributed by atoms with van der Waals surface area (Å²) in [5, 5.41) is 0. The molecule has 182 valence electrons. The van der Waals surface area contributed by atoms with Gasteiger partial charge in [-0.25, -0.2) is 9.18 Å². The van der Waals surface area contributed by atoms with E-state index in [1.807, 2.05) is 0 Å². The summed E-state index contributed by atoms with van der Waals surface area (Å²) in [7, 11) is 0. The molecule has 9 heteroatoms. The van der Waals surface area contributed by atoms with Crippen molar-refractivity contribution in [2.45, 2.75) is 50.5 Å². The topological polar surface area (TPSA) is 44.3 Å². The third-order valence-electron chi connectivity index (χ3n) is 7.33. The summed E-state index contributed by atoms with van der Waals surface area (Å²) >= 11 is 0. The molecule has 0 radical (unpaired) electrons. The fourth-order valence-corrected chi connectivity index (χ4v) is 5.58. The Morgan fingerprint density at radius 3 is 2.29 bits per heavy atom. The number of aromatic nitrogens is 2. The summed E-state index contributed by atoms with van der Waals surface area (Å²) < 4.78 is 55.4. The summed E-state index contributed by atoms with van der Waals surface area (Å²) in [6.07, 6.45) is -0.892. The molecule has 2 saturated heterocycles. The van der Waals surface area contributed by atoms with Crippen LogP contribution >= 0.6 is 0 Å². The molecule has 0 unspecified atom stereocenters. The van der Waals surface area contributed by atoms with Crippen molar-refractivity contribution in [3.63, 3.8) is 0 Å². The third-order valence-corrected chi connectivity index (χ3v) is 7.33. The number of hydrogen-bond acceptors (Lipinski definition) is 3. The number of fused-ring (bicyclic) bond motifs is 1. The van der Waals surface area contributed by atoms with E-state index < -0.39 is 11.7 Å². The lowest BCUT2D eigenvalue weighted by molar-refractivity contribution is -0.138. The quantitative estimate of drug-likeness (QED) is 0.551. The Morgan fingerprint density at radius 1 is 0.912 bits per heavy atom. The number of H-pyrrole nitrogens is 1. The largest absolute Gasteiger partial charge is 0.416 e. The zero-order valence-corrected chi connectivity index (χ0v) is 18.8. The summed E-state index contributed by atoms with van der Waals surface area (Å²) in [5.41, 5.74) is 0.831. The van der Waals surface area contributed by atoms with Crippen LogP contribution in [0.5, 0.6) is 0 Å². The first-order chi connectivity index (χ1) is 16.3. The molecule has 5 nitrogen and oxygen atoms in total. The number of alkyl halides is 3. The molecule has 3 heterocycles. The van der Waals surface area contributed by atoms with E-state index in [0.717, 1.165) is 57.9 Å². The van der Waals surface area contributed by atoms with Gasteiger partial charge in [-0.1, -0.05) is 18.2 Å². The summed E-state index contributed by atoms with van der Waals surface area (Å²) in [4.78, 5) is 19.9. The molecule has 0 spiro atoms. The second kappa shape index (κ2) is 9.19. The van der Waals surface area contributed by atoms with E-state index in [-0.39, 0.29) is 17.5 Å². The highest BCUT2D eigenvalue weighted by Gasteiger charge is 2.34. The summed E-state index contributed by atoms with van der Waals surface area (Å²) in [5.74, 6) is -0.359. The fourth-order valence-electron chi connectivity index (χ4n) is 5.58. The maximum Gasteiger partial charge on any atom is 0.416 e. The van der Waals surface area contributed by atoms with Gasteiger partial charge in [0.15, 0.2) is 0 Å². The van der Waals surface area contributed by atoms with Crippen molar-refractivity contribution >= 4 is 11.0 Å². The average Bonchev–Trinajstić information content (AvgIpc) is 3.14. The van der Waals surface area contributed by atoms with Crippen LogP contribution in [-0.2, 0) is 12.7 Å². The number of piperidine rings is 2. The number of hydrogen-bond donors (Lipinski definition) is 1. The molecule has 1 aromatic heterocycles. The highest BCUT2D eigenvalue weighted by atomic mass is 19.4. The number of nitrogens with zero attached hydrogens (tertiary/aromatic N) is 3. The van der Waals surface area contributed by atoms with Crippen LogP contribution in [0.25, 0.3) is 11.0 Å². The standard InChI is InChI=1S/C25H28F4N4O/c26-18-5-6-22-23(15-18)33(24(34)30-22)20-9-13-32(14-10-20)19-7-11-31(12-8-19)16-17-3-1-2-4-21(17)25(27,28)29/h1-6,15,19-20H,7-14,16H2,(H,30,34). The van der Waals surface area contributed by atoms with E-state index in [1.165, 1.54) is 18.2 Å².